The van der Waals surface area contributed by atoms with Gasteiger partial charge in [-0.25, -0.2) is 4.98 Å². The lowest BCUT2D eigenvalue weighted by atomic mass is 9.72. The first-order valence-corrected chi connectivity index (χ1v) is 11.6. The molecule has 0 amide bonds. The highest BCUT2D eigenvalue weighted by Crippen LogP contribution is 2.38. The molecule has 1 heterocycles. The zero-order valence-electron chi connectivity index (χ0n) is 18.2. The van der Waals surface area contributed by atoms with Gasteiger partial charge in [0.15, 0.2) is 5.78 Å². The van der Waals surface area contributed by atoms with Crippen molar-refractivity contribution >= 4 is 17.4 Å². The molecule has 2 aromatic rings. The van der Waals surface area contributed by atoms with E-state index >= 15 is 0 Å². The number of unbranched alkanes of at least 4 members (excludes halogenated alkanes) is 2. The van der Waals surface area contributed by atoms with Crippen LogP contribution in [-0.4, -0.2) is 15.3 Å². The standard InChI is InChI=1S/C25H30ClN3O2/c1-2-3-5-8-23-28-22(19-9-11-20(26)12-10-19)15-24(31)29(23)17-21(30)16-25(18-27)13-6-4-7-14-25/h9-12,15H,2-8,13-14,16-17H2,1H3. The number of carbonyl (C=O) groups is 1. The molecule has 1 aliphatic carbocycles. The fraction of sp³-hybridized carbons (Fsp3) is 0.520. The summed E-state index contributed by atoms with van der Waals surface area (Å²) in [6, 6.07) is 11.1. The van der Waals surface area contributed by atoms with E-state index in [1.807, 2.05) is 12.1 Å². The van der Waals surface area contributed by atoms with Crippen LogP contribution in [0.25, 0.3) is 11.3 Å². The highest BCUT2D eigenvalue weighted by atomic mass is 35.5. The van der Waals surface area contributed by atoms with Crippen molar-refractivity contribution in [2.45, 2.75) is 77.7 Å². The number of carbonyl (C=O) groups excluding carboxylic acids is 1. The van der Waals surface area contributed by atoms with Crippen molar-refractivity contribution in [2.24, 2.45) is 5.41 Å². The van der Waals surface area contributed by atoms with Crippen LogP contribution in [0.15, 0.2) is 35.1 Å². The minimum absolute atomic E-state index is 0.0163. The van der Waals surface area contributed by atoms with Gasteiger partial charge in [-0.2, -0.15) is 5.26 Å². The molecule has 31 heavy (non-hydrogen) atoms. The summed E-state index contributed by atoms with van der Waals surface area (Å²) in [5.74, 6) is 0.567. The van der Waals surface area contributed by atoms with Crippen LogP contribution in [-0.2, 0) is 17.8 Å². The summed E-state index contributed by atoms with van der Waals surface area (Å²) in [5, 5.41) is 10.3. The van der Waals surface area contributed by atoms with E-state index in [1.165, 1.54) is 10.6 Å². The average molecular weight is 440 g/mol. The van der Waals surface area contributed by atoms with Crippen LogP contribution < -0.4 is 5.56 Å². The van der Waals surface area contributed by atoms with E-state index in [4.69, 9.17) is 16.6 Å². The molecule has 1 fully saturated rings. The van der Waals surface area contributed by atoms with Crippen LogP contribution in [0.4, 0.5) is 0 Å². The van der Waals surface area contributed by atoms with E-state index in [0.29, 0.717) is 23.0 Å². The van der Waals surface area contributed by atoms with E-state index in [2.05, 4.69) is 13.0 Å². The first-order chi connectivity index (χ1) is 15.0. The number of ketones is 1. The molecule has 0 unspecified atom stereocenters. The first kappa shape index (κ1) is 23.2. The van der Waals surface area contributed by atoms with E-state index in [-0.39, 0.29) is 24.3 Å². The molecule has 0 radical (unpaired) electrons. The number of halogens is 1. The predicted octanol–water partition coefficient (Wildman–Crippen LogP) is 5.73. The topological polar surface area (TPSA) is 75.8 Å². The molecule has 164 valence electrons. The van der Waals surface area contributed by atoms with Crippen LogP contribution in [0.2, 0.25) is 5.02 Å². The van der Waals surface area contributed by atoms with Crippen molar-refractivity contribution in [3.63, 3.8) is 0 Å². The third-order valence-corrected chi connectivity index (χ3v) is 6.40. The highest BCUT2D eigenvalue weighted by molar-refractivity contribution is 6.30. The SMILES string of the molecule is CCCCCc1nc(-c2ccc(Cl)cc2)cc(=O)n1CC(=O)CC1(C#N)CCCCC1. The minimum atomic E-state index is -0.571. The smallest absolute Gasteiger partial charge is 0.254 e. The number of nitrogens with zero attached hydrogens (tertiary/aromatic N) is 3. The Morgan fingerprint density at radius 1 is 1.19 bits per heavy atom. The second kappa shape index (κ2) is 10.7. The second-order valence-corrected chi connectivity index (χ2v) is 9.05. The third-order valence-electron chi connectivity index (χ3n) is 6.15. The number of hydrogen-bond donors (Lipinski definition) is 0. The van der Waals surface area contributed by atoms with Crippen LogP contribution in [0.1, 0.15) is 70.5 Å². The van der Waals surface area contributed by atoms with Crippen molar-refractivity contribution in [1.29, 1.82) is 5.26 Å². The maximum Gasteiger partial charge on any atom is 0.254 e. The van der Waals surface area contributed by atoms with Gasteiger partial charge >= 0.3 is 0 Å². The molecule has 0 spiro atoms. The Bertz CT molecular complexity index is 999. The lowest BCUT2D eigenvalue weighted by Gasteiger charge is -2.30. The number of nitriles is 1. The molecule has 1 aromatic carbocycles. The predicted molar refractivity (Wildman–Crippen MR) is 123 cm³/mol. The molecule has 0 bridgehead atoms. The monoisotopic (exact) mass is 439 g/mol. The molecule has 3 rings (SSSR count). The number of aromatic nitrogens is 2. The van der Waals surface area contributed by atoms with Gasteiger partial charge in [0, 0.05) is 29.5 Å². The lowest BCUT2D eigenvalue weighted by Crippen LogP contribution is -2.32. The summed E-state index contributed by atoms with van der Waals surface area (Å²) < 4.78 is 1.51. The van der Waals surface area contributed by atoms with Crippen molar-refractivity contribution in [3.8, 4) is 17.3 Å². The van der Waals surface area contributed by atoms with Crippen LogP contribution in [0.3, 0.4) is 0 Å². The molecule has 6 heteroatoms. The molecular formula is C25H30ClN3O2. The van der Waals surface area contributed by atoms with Crippen LogP contribution in [0.5, 0.6) is 0 Å². The van der Waals surface area contributed by atoms with Gasteiger partial charge in [0.25, 0.3) is 5.56 Å². The van der Waals surface area contributed by atoms with E-state index in [9.17, 15) is 14.9 Å². The Balaban J connectivity index is 1.87. The zero-order chi connectivity index (χ0) is 22.3. The largest absolute Gasteiger partial charge is 0.298 e. The molecule has 0 saturated heterocycles. The van der Waals surface area contributed by atoms with Gasteiger partial charge < -0.3 is 0 Å². The first-order valence-electron chi connectivity index (χ1n) is 11.3. The molecule has 0 N–H and O–H groups in total. The van der Waals surface area contributed by atoms with Gasteiger partial charge in [-0.3, -0.25) is 14.2 Å². The number of rotatable bonds is 9. The molecule has 1 aromatic heterocycles. The Hall–Kier alpha value is -2.45. The summed E-state index contributed by atoms with van der Waals surface area (Å²) in [6.45, 7) is 2.11. The molecule has 0 aliphatic heterocycles. The second-order valence-electron chi connectivity index (χ2n) is 8.61. The summed E-state index contributed by atoms with van der Waals surface area (Å²) >= 11 is 5.99. The Labute approximate surface area is 189 Å². The van der Waals surface area contributed by atoms with Crippen LogP contribution in [0, 0.1) is 16.7 Å². The van der Waals surface area contributed by atoms with Gasteiger partial charge in [-0.15, -0.1) is 0 Å². The quantitative estimate of drug-likeness (QED) is 0.467. The van der Waals surface area contributed by atoms with Crippen molar-refractivity contribution < 1.29 is 4.79 Å². The van der Waals surface area contributed by atoms with Crippen molar-refractivity contribution in [3.05, 3.63) is 51.5 Å². The highest BCUT2D eigenvalue weighted by Gasteiger charge is 2.34. The molecule has 5 nitrogen and oxygen atoms in total. The van der Waals surface area contributed by atoms with Gasteiger partial charge in [-0.05, 0) is 31.4 Å². The number of hydrogen-bond acceptors (Lipinski definition) is 4. The molecule has 1 saturated carbocycles. The summed E-state index contributed by atoms with van der Waals surface area (Å²) in [4.78, 5) is 30.7. The average Bonchev–Trinajstić information content (AvgIpc) is 2.77. The van der Waals surface area contributed by atoms with Gasteiger partial charge in [0.1, 0.15) is 5.82 Å². The number of benzene rings is 1. The fourth-order valence-electron chi connectivity index (χ4n) is 4.38. The van der Waals surface area contributed by atoms with Crippen molar-refractivity contribution in [2.75, 3.05) is 0 Å². The maximum absolute atomic E-state index is 13.0. The molecule has 0 atom stereocenters. The number of aryl methyl sites for hydroxylation is 1. The summed E-state index contributed by atoms with van der Waals surface area (Å²) in [6.07, 6.45) is 8.48. The lowest BCUT2D eigenvalue weighted by molar-refractivity contribution is -0.121. The minimum Gasteiger partial charge on any atom is -0.298 e. The normalized spacial score (nSPS) is 15.4. The van der Waals surface area contributed by atoms with Gasteiger partial charge in [0.2, 0.25) is 0 Å². The Kier molecular flexibility index (Phi) is 8.03. The molecular weight excluding hydrogens is 410 g/mol. The summed E-state index contributed by atoms with van der Waals surface area (Å²) in [7, 11) is 0. The van der Waals surface area contributed by atoms with E-state index in [0.717, 1.165) is 56.9 Å². The maximum atomic E-state index is 13.0. The fourth-order valence-corrected chi connectivity index (χ4v) is 4.51. The van der Waals surface area contributed by atoms with E-state index in [1.54, 1.807) is 12.1 Å². The van der Waals surface area contributed by atoms with Gasteiger partial charge in [0.05, 0.1) is 23.7 Å². The molecule has 1 aliphatic rings. The van der Waals surface area contributed by atoms with Gasteiger partial charge in [-0.1, -0.05) is 62.8 Å². The van der Waals surface area contributed by atoms with Crippen molar-refractivity contribution in [1.82, 2.24) is 9.55 Å². The van der Waals surface area contributed by atoms with E-state index < -0.39 is 5.41 Å². The number of Topliss-reactive ketones (excluding diaryl/α,β-unsaturated/α-hetero) is 1. The zero-order valence-corrected chi connectivity index (χ0v) is 19.0. The Morgan fingerprint density at radius 2 is 1.90 bits per heavy atom. The summed E-state index contributed by atoms with van der Waals surface area (Å²) in [5.41, 5.74) is 0.618. The third kappa shape index (κ3) is 6.04. The Morgan fingerprint density at radius 3 is 2.55 bits per heavy atom. The van der Waals surface area contributed by atoms with Crippen LogP contribution >= 0.6 is 11.6 Å².